The molecule has 2 aliphatic heterocycles. The molecular formula is C47H76N4O7S. The Morgan fingerprint density at radius 3 is 2.00 bits per heavy atom. The first-order valence-corrected chi connectivity index (χ1v) is 25.2. The molecule has 0 aromatic carbocycles. The number of fused-ring (bicyclic) bond motifs is 1. The Kier molecular flexibility index (Phi) is 12.2. The van der Waals surface area contributed by atoms with Crippen LogP contribution in [0.1, 0.15) is 177 Å². The molecule has 2 saturated heterocycles. The number of nitrogens with zero attached hydrogens (tertiary/aromatic N) is 2. The van der Waals surface area contributed by atoms with E-state index in [2.05, 4.69) is 42.6 Å². The van der Waals surface area contributed by atoms with Crippen LogP contribution in [-0.2, 0) is 34.0 Å². The van der Waals surface area contributed by atoms with Crippen molar-refractivity contribution in [1.82, 2.24) is 19.8 Å². The van der Waals surface area contributed by atoms with Crippen LogP contribution in [-0.4, -0.2) is 90.0 Å². The van der Waals surface area contributed by atoms with Crippen molar-refractivity contribution >= 4 is 39.3 Å². The van der Waals surface area contributed by atoms with Crippen LogP contribution in [0, 0.1) is 44.8 Å². The van der Waals surface area contributed by atoms with Gasteiger partial charge in [0.15, 0.2) is 11.6 Å². The first kappa shape index (κ1) is 44.7. The number of amides is 3. The highest BCUT2D eigenvalue weighted by Crippen LogP contribution is 2.88. The Morgan fingerprint density at radius 2 is 1.47 bits per heavy atom. The number of likely N-dealkylation sites (tertiary alicyclic amines) is 2. The molecule has 0 bridgehead atoms. The normalized spacial score (nSPS) is 32.9. The van der Waals surface area contributed by atoms with E-state index in [0.29, 0.717) is 38.6 Å². The minimum atomic E-state index is -3.82. The van der Waals surface area contributed by atoms with E-state index < -0.39 is 50.0 Å². The molecule has 0 aromatic heterocycles. The van der Waals surface area contributed by atoms with Crippen molar-refractivity contribution in [3.05, 3.63) is 0 Å². The minimum Gasteiger partial charge on any atom is -0.345 e. The summed E-state index contributed by atoms with van der Waals surface area (Å²) in [5.74, 6) is -1.94. The van der Waals surface area contributed by atoms with Gasteiger partial charge in [-0.25, -0.2) is 8.42 Å². The molecule has 2 N–H and O–H groups in total. The van der Waals surface area contributed by atoms with Crippen LogP contribution in [0.4, 0.5) is 0 Å². The summed E-state index contributed by atoms with van der Waals surface area (Å²) in [4.78, 5) is 77.2. The summed E-state index contributed by atoms with van der Waals surface area (Å²) in [6.45, 7) is 18.1. The molecule has 7 rings (SSSR count). The SMILES string of the molecule is CC[C@@H]1C[C@]1(CC(=O)[C@@H]1C[C@@]2(CN1C(=O)[C@@H](CC(=O)[C@@H](NC(=O)[C@@H]1CCCCN1C(C)C)C1CCCCC1)C(C)(C)C)C(C)(C)C21CCC1)C(=O)NS(=O)(=O)C1CCC1. The quantitative estimate of drug-likeness (QED) is 0.177. The number of hydrogen-bond acceptors (Lipinski definition) is 8. The molecule has 59 heavy (non-hydrogen) atoms. The zero-order chi connectivity index (χ0) is 42.9. The Labute approximate surface area is 355 Å². The smallest absolute Gasteiger partial charge is 0.240 e. The molecule has 5 saturated carbocycles. The van der Waals surface area contributed by atoms with Gasteiger partial charge in [-0.3, -0.25) is 33.6 Å². The number of sulfonamides is 1. The summed E-state index contributed by atoms with van der Waals surface area (Å²) >= 11 is 0. The van der Waals surface area contributed by atoms with Gasteiger partial charge in [-0.15, -0.1) is 0 Å². The predicted molar refractivity (Wildman–Crippen MR) is 228 cm³/mol. The van der Waals surface area contributed by atoms with Crippen molar-refractivity contribution in [1.29, 1.82) is 0 Å². The van der Waals surface area contributed by atoms with E-state index in [-0.39, 0.29) is 76.4 Å². The second-order valence-electron chi connectivity index (χ2n) is 22.3. The third-order valence-corrected chi connectivity index (χ3v) is 19.7. The molecular weight excluding hydrogens is 765 g/mol. The lowest BCUT2D eigenvalue weighted by atomic mass is 9.73. The van der Waals surface area contributed by atoms with Gasteiger partial charge in [-0.2, -0.15) is 0 Å². The number of carbonyl (C=O) groups is 5. The van der Waals surface area contributed by atoms with Crippen LogP contribution in [0.5, 0.6) is 0 Å². The van der Waals surface area contributed by atoms with Crippen LogP contribution in [0.3, 0.4) is 0 Å². The van der Waals surface area contributed by atoms with E-state index in [9.17, 15) is 27.6 Å². The summed E-state index contributed by atoms with van der Waals surface area (Å²) in [7, 11) is -3.82. The second kappa shape index (κ2) is 16.1. The van der Waals surface area contributed by atoms with Crippen molar-refractivity contribution < 1.29 is 32.4 Å². The third kappa shape index (κ3) is 7.66. The molecule has 7 aliphatic rings. The van der Waals surface area contributed by atoms with Crippen LogP contribution in [0.25, 0.3) is 0 Å². The summed E-state index contributed by atoms with van der Waals surface area (Å²) < 4.78 is 28.6. The number of carbonyl (C=O) groups excluding carboxylic acids is 5. The van der Waals surface area contributed by atoms with Gasteiger partial charge in [0.25, 0.3) is 0 Å². The number of nitrogens with one attached hydrogen (secondary N) is 2. The van der Waals surface area contributed by atoms with Gasteiger partial charge in [0.1, 0.15) is 0 Å². The monoisotopic (exact) mass is 841 g/mol. The van der Waals surface area contributed by atoms with Gasteiger partial charge >= 0.3 is 0 Å². The lowest BCUT2D eigenvalue weighted by Crippen LogP contribution is -2.57. The Hall–Kier alpha value is -2.34. The van der Waals surface area contributed by atoms with Crippen LogP contribution < -0.4 is 10.0 Å². The van der Waals surface area contributed by atoms with Crippen molar-refractivity contribution in [2.75, 3.05) is 13.1 Å². The van der Waals surface area contributed by atoms with E-state index in [1.165, 1.54) is 0 Å². The number of hydrogen-bond donors (Lipinski definition) is 2. The minimum absolute atomic E-state index is 0.0163. The Morgan fingerprint density at radius 1 is 0.814 bits per heavy atom. The third-order valence-electron chi connectivity index (χ3n) is 17.9. The fourth-order valence-electron chi connectivity index (χ4n) is 13.4. The van der Waals surface area contributed by atoms with Gasteiger partial charge in [0, 0.05) is 36.8 Å². The van der Waals surface area contributed by atoms with Gasteiger partial charge in [0.2, 0.25) is 27.7 Å². The van der Waals surface area contributed by atoms with Gasteiger partial charge in [-0.1, -0.05) is 86.5 Å². The van der Waals surface area contributed by atoms with Crippen LogP contribution >= 0.6 is 0 Å². The van der Waals surface area contributed by atoms with Crippen LogP contribution in [0.15, 0.2) is 0 Å². The highest BCUT2D eigenvalue weighted by molar-refractivity contribution is 7.90. The second-order valence-corrected chi connectivity index (χ2v) is 24.2. The van der Waals surface area contributed by atoms with Gasteiger partial charge in [0.05, 0.1) is 28.8 Å². The molecule has 2 heterocycles. The zero-order valence-electron chi connectivity index (χ0n) is 37.6. The maximum atomic E-state index is 15.4. The molecule has 0 radical (unpaired) electrons. The summed E-state index contributed by atoms with van der Waals surface area (Å²) in [6, 6.07) is -1.49. The average molecular weight is 841 g/mol. The first-order chi connectivity index (χ1) is 27.7. The molecule has 0 unspecified atom stereocenters. The first-order valence-electron chi connectivity index (χ1n) is 23.6. The molecule has 12 heteroatoms. The summed E-state index contributed by atoms with van der Waals surface area (Å²) in [5, 5.41) is 2.72. The zero-order valence-corrected chi connectivity index (χ0v) is 38.4. The highest BCUT2D eigenvalue weighted by Gasteiger charge is 2.85. The fraction of sp³-hybridized carbons (Fsp3) is 0.894. The Bertz CT molecular complexity index is 1770. The number of ketones is 2. The number of Topliss-reactive ketones (excluding diaryl/α,β-unsaturated/α-hetero) is 2. The largest absolute Gasteiger partial charge is 0.345 e. The molecule has 3 amide bonds. The molecule has 0 aromatic rings. The summed E-state index contributed by atoms with van der Waals surface area (Å²) in [5.41, 5.74) is -1.98. The molecule has 5 aliphatic carbocycles. The molecule has 7 atom stereocenters. The van der Waals surface area contributed by atoms with E-state index in [0.717, 1.165) is 83.6 Å². The molecule has 7 fully saturated rings. The van der Waals surface area contributed by atoms with E-state index in [1.54, 1.807) is 4.90 Å². The number of rotatable bonds is 15. The molecule has 2 spiro atoms. The maximum Gasteiger partial charge on any atom is 0.240 e. The maximum absolute atomic E-state index is 15.4. The lowest BCUT2D eigenvalue weighted by Gasteiger charge is -2.40. The van der Waals surface area contributed by atoms with Gasteiger partial charge in [-0.05, 0) is 113 Å². The van der Waals surface area contributed by atoms with Crippen molar-refractivity contribution in [2.24, 2.45) is 44.8 Å². The predicted octanol–water partition coefficient (Wildman–Crippen LogP) is 7.11. The van der Waals surface area contributed by atoms with Crippen LogP contribution in [0.2, 0.25) is 0 Å². The van der Waals surface area contributed by atoms with Crippen molar-refractivity contribution in [2.45, 2.75) is 207 Å². The standard InChI is InChI=1S/C47H76N4O7S/c1-9-32-26-45(32,42(56)49-59(57,58)33-19-15-20-33)28-38(53)36-27-47(44(7,8)46(47)22-16-23-46)29-51(36)41(55)34(43(4,5)6)25-37(52)39(31-17-11-10-12-18-31)48-40(54)35-21-13-14-24-50(35)30(2)3/h30-36,39H,9-29H2,1-8H3,(H,48,54)(H,49,56)/t32-,34-,35+,36+,39+,45-,47-/m1/s1. The average Bonchev–Trinajstić information content (AvgIpc) is 3.86. The van der Waals surface area contributed by atoms with E-state index in [4.69, 9.17) is 0 Å². The molecule has 332 valence electrons. The lowest BCUT2D eigenvalue weighted by molar-refractivity contribution is -0.147. The highest BCUT2D eigenvalue weighted by atomic mass is 32.2. The fourth-order valence-corrected chi connectivity index (χ4v) is 14.9. The van der Waals surface area contributed by atoms with E-state index >= 15 is 4.79 Å². The van der Waals surface area contributed by atoms with Crippen molar-refractivity contribution in [3.63, 3.8) is 0 Å². The number of piperidine rings is 1. The van der Waals surface area contributed by atoms with Crippen molar-refractivity contribution in [3.8, 4) is 0 Å². The summed E-state index contributed by atoms with van der Waals surface area (Å²) in [6.07, 6.45) is 14.3. The molecule has 11 nitrogen and oxygen atoms in total. The Balaban J connectivity index is 1.15. The van der Waals surface area contributed by atoms with E-state index in [1.807, 2.05) is 27.7 Å². The topological polar surface area (TPSA) is 150 Å². The van der Waals surface area contributed by atoms with Gasteiger partial charge < -0.3 is 10.2 Å².